The summed E-state index contributed by atoms with van der Waals surface area (Å²) in [4.78, 5) is 3.61. The van der Waals surface area contributed by atoms with Gasteiger partial charge >= 0.3 is 6.18 Å². The maximum Gasteiger partial charge on any atom is 0.417 e. The fraction of sp³-hybridized carbons (Fsp3) is 0.545. The van der Waals surface area contributed by atoms with E-state index in [2.05, 4.69) is 4.98 Å². The van der Waals surface area contributed by atoms with Crippen molar-refractivity contribution in [1.29, 1.82) is 0 Å². The van der Waals surface area contributed by atoms with Crippen molar-refractivity contribution in [2.45, 2.75) is 37.6 Å². The minimum absolute atomic E-state index is 0.00650. The smallest absolute Gasteiger partial charge is 0.417 e. The molecule has 0 radical (unpaired) electrons. The first kappa shape index (κ1) is 13.4. The first-order chi connectivity index (χ1) is 8.38. The van der Waals surface area contributed by atoms with Gasteiger partial charge in [-0.15, -0.1) is 0 Å². The Morgan fingerprint density at radius 3 is 2.61 bits per heavy atom. The van der Waals surface area contributed by atoms with Crippen molar-refractivity contribution in [3.8, 4) is 5.88 Å². The summed E-state index contributed by atoms with van der Waals surface area (Å²) in [5, 5.41) is -0.149. The molecule has 18 heavy (non-hydrogen) atoms. The maximum atomic E-state index is 12.4. The van der Waals surface area contributed by atoms with Gasteiger partial charge in [0.1, 0.15) is 11.1 Å². The molecule has 2 rings (SSSR count). The Kier molecular flexibility index (Phi) is 3.68. The fourth-order valence-electron chi connectivity index (χ4n) is 1.91. The molecule has 1 aliphatic carbocycles. The van der Waals surface area contributed by atoms with Crippen LogP contribution in [0.4, 0.5) is 13.2 Å². The molecular formula is C11H12ClF3N2O. The number of aromatic nitrogens is 1. The van der Waals surface area contributed by atoms with Crippen LogP contribution in [0.2, 0.25) is 5.02 Å². The summed E-state index contributed by atoms with van der Waals surface area (Å²) in [6, 6.07) is 0.690. The van der Waals surface area contributed by atoms with Crippen molar-refractivity contribution < 1.29 is 17.9 Å². The molecule has 2 unspecified atom stereocenters. The van der Waals surface area contributed by atoms with E-state index in [0.717, 1.165) is 25.3 Å². The van der Waals surface area contributed by atoms with E-state index in [-0.39, 0.29) is 23.0 Å². The third-order valence-electron chi connectivity index (χ3n) is 2.90. The first-order valence-corrected chi connectivity index (χ1v) is 5.90. The molecule has 1 aromatic rings. The highest BCUT2D eigenvalue weighted by atomic mass is 35.5. The molecule has 1 saturated carbocycles. The van der Waals surface area contributed by atoms with Crippen LogP contribution in [0.1, 0.15) is 24.8 Å². The summed E-state index contributed by atoms with van der Waals surface area (Å²) in [6.45, 7) is 0. The molecule has 1 aromatic heterocycles. The molecule has 2 N–H and O–H groups in total. The second-order valence-corrected chi connectivity index (χ2v) is 4.67. The second kappa shape index (κ2) is 4.93. The second-order valence-electron chi connectivity index (χ2n) is 4.26. The Morgan fingerprint density at radius 2 is 2.11 bits per heavy atom. The summed E-state index contributed by atoms with van der Waals surface area (Å²) < 4.78 is 42.7. The lowest BCUT2D eigenvalue weighted by atomic mass is 10.2. The molecule has 3 nitrogen and oxygen atoms in total. The lowest BCUT2D eigenvalue weighted by molar-refractivity contribution is -0.137. The molecular weight excluding hydrogens is 269 g/mol. The summed E-state index contributed by atoms with van der Waals surface area (Å²) in [7, 11) is 0. The summed E-state index contributed by atoms with van der Waals surface area (Å²) >= 11 is 5.73. The lowest BCUT2D eigenvalue weighted by Gasteiger charge is -2.18. The van der Waals surface area contributed by atoms with Gasteiger partial charge in [-0.3, -0.25) is 0 Å². The van der Waals surface area contributed by atoms with E-state index in [4.69, 9.17) is 22.1 Å². The van der Waals surface area contributed by atoms with Gasteiger partial charge in [-0.05, 0) is 25.3 Å². The largest absolute Gasteiger partial charge is 0.472 e. The van der Waals surface area contributed by atoms with Gasteiger partial charge in [-0.2, -0.15) is 13.2 Å². The molecule has 0 saturated heterocycles. The van der Waals surface area contributed by atoms with E-state index in [1.54, 1.807) is 0 Å². The van der Waals surface area contributed by atoms with Crippen molar-refractivity contribution in [1.82, 2.24) is 4.98 Å². The predicted octanol–water partition coefficient (Wildman–Crippen LogP) is 3.01. The highest BCUT2D eigenvalue weighted by Gasteiger charge is 2.32. The van der Waals surface area contributed by atoms with Crippen LogP contribution in [0.3, 0.4) is 0 Å². The number of alkyl halides is 3. The number of nitrogens with zero attached hydrogens (tertiary/aromatic N) is 1. The Hall–Kier alpha value is -1.01. The zero-order chi connectivity index (χ0) is 13.3. The number of halogens is 4. The number of nitrogens with two attached hydrogens (primary N) is 1. The van der Waals surface area contributed by atoms with E-state index >= 15 is 0 Å². The molecule has 100 valence electrons. The number of hydrogen-bond acceptors (Lipinski definition) is 3. The molecule has 7 heteroatoms. The number of pyridine rings is 1. The van der Waals surface area contributed by atoms with E-state index in [0.29, 0.717) is 6.20 Å². The van der Waals surface area contributed by atoms with Crippen LogP contribution in [0.25, 0.3) is 0 Å². The first-order valence-electron chi connectivity index (χ1n) is 5.53. The van der Waals surface area contributed by atoms with E-state index in [9.17, 15) is 13.2 Å². The van der Waals surface area contributed by atoms with Crippen molar-refractivity contribution in [2.24, 2.45) is 5.73 Å². The van der Waals surface area contributed by atoms with Gasteiger partial charge in [0.25, 0.3) is 0 Å². The Balaban J connectivity index is 2.15. The molecule has 1 fully saturated rings. The number of rotatable bonds is 2. The van der Waals surface area contributed by atoms with Crippen LogP contribution >= 0.6 is 11.6 Å². The molecule has 1 aliphatic rings. The SMILES string of the molecule is NC1CCCC1Oc1ncc(C(F)(F)F)cc1Cl. The quantitative estimate of drug-likeness (QED) is 0.906. The van der Waals surface area contributed by atoms with Crippen LogP contribution in [-0.2, 0) is 6.18 Å². The highest BCUT2D eigenvalue weighted by molar-refractivity contribution is 6.31. The van der Waals surface area contributed by atoms with Gasteiger partial charge in [0.05, 0.1) is 5.56 Å². The predicted molar refractivity (Wildman–Crippen MR) is 60.5 cm³/mol. The van der Waals surface area contributed by atoms with Gasteiger partial charge in [0, 0.05) is 12.2 Å². The van der Waals surface area contributed by atoms with Gasteiger partial charge in [0.15, 0.2) is 0 Å². The minimum atomic E-state index is -4.46. The Labute approximate surface area is 107 Å². The zero-order valence-electron chi connectivity index (χ0n) is 9.38. The van der Waals surface area contributed by atoms with Crippen LogP contribution in [-0.4, -0.2) is 17.1 Å². The summed E-state index contributed by atoms with van der Waals surface area (Å²) in [6.07, 6.45) is -1.44. The third-order valence-corrected chi connectivity index (χ3v) is 3.17. The molecule has 0 aliphatic heterocycles. The standard InChI is InChI=1S/C11H12ClF3N2O/c12-7-4-6(11(13,14)15)5-17-10(7)18-9-3-1-2-8(9)16/h4-5,8-9H,1-3,16H2. The fourth-order valence-corrected chi connectivity index (χ4v) is 2.12. The van der Waals surface area contributed by atoms with Crippen molar-refractivity contribution in [3.05, 3.63) is 22.8 Å². The van der Waals surface area contributed by atoms with Crippen molar-refractivity contribution in [2.75, 3.05) is 0 Å². The average Bonchev–Trinajstić information content (AvgIpc) is 2.66. The highest BCUT2D eigenvalue weighted by Crippen LogP contribution is 2.34. The van der Waals surface area contributed by atoms with Gasteiger partial charge in [0.2, 0.25) is 5.88 Å². The normalized spacial score (nSPS) is 24.3. The van der Waals surface area contributed by atoms with Crippen LogP contribution < -0.4 is 10.5 Å². The van der Waals surface area contributed by atoms with Crippen molar-refractivity contribution >= 4 is 11.6 Å². The van der Waals surface area contributed by atoms with E-state index in [1.807, 2.05) is 0 Å². The topological polar surface area (TPSA) is 48.1 Å². The van der Waals surface area contributed by atoms with Gasteiger partial charge in [-0.1, -0.05) is 11.6 Å². The van der Waals surface area contributed by atoms with E-state index in [1.165, 1.54) is 0 Å². The number of ether oxygens (including phenoxy) is 1. The lowest BCUT2D eigenvalue weighted by Crippen LogP contribution is -2.33. The molecule has 1 heterocycles. The van der Waals surface area contributed by atoms with Crippen LogP contribution in [0, 0.1) is 0 Å². The van der Waals surface area contributed by atoms with Gasteiger partial charge in [-0.25, -0.2) is 4.98 Å². The summed E-state index contributed by atoms with van der Waals surface area (Å²) in [5.41, 5.74) is 4.91. The Bertz CT molecular complexity index is 439. The average molecular weight is 281 g/mol. The maximum absolute atomic E-state index is 12.4. The molecule has 0 amide bonds. The molecule has 0 aromatic carbocycles. The van der Waals surface area contributed by atoms with Crippen LogP contribution in [0.15, 0.2) is 12.3 Å². The minimum Gasteiger partial charge on any atom is -0.472 e. The molecule has 0 bridgehead atoms. The third kappa shape index (κ3) is 2.87. The summed E-state index contributed by atoms with van der Waals surface area (Å²) in [5.74, 6) is 0.00650. The molecule has 2 atom stereocenters. The Morgan fingerprint density at radius 1 is 1.39 bits per heavy atom. The van der Waals surface area contributed by atoms with E-state index < -0.39 is 11.7 Å². The number of hydrogen-bond donors (Lipinski definition) is 1. The monoisotopic (exact) mass is 280 g/mol. The molecule has 0 spiro atoms. The van der Waals surface area contributed by atoms with Crippen molar-refractivity contribution in [3.63, 3.8) is 0 Å². The van der Waals surface area contributed by atoms with Crippen LogP contribution in [0.5, 0.6) is 5.88 Å². The zero-order valence-corrected chi connectivity index (χ0v) is 10.1. The van der Waals surface area contributed by atoms with Gasteiger partial charge < -0.3 is 10.5 Å².